The smallest absolute Gasteiger partial charge is 0.411 e. The van der Waals surface area contributed by atoms with E-state index in [-0.39, 0.29) is 12.3 Å². The van der Waals surface area contributed by atoms with Crippen molar-refractivity contribution in [2.75, 3.05) is 13.6 Å². The van der Waals surface area contributed by atoms with Gasteiger partial charge < -0.3 is 9.64 Å². The molecule has 5 heteroatoms. The molecule has 0 aliphatic carbocycles. The lowest BCUT2D eigenvalue weighted by atomic mass is 10.2. The Morgan fingerprint density at radius 3 is 2.62 bits per heavy atom. The van der Waals surface area contributed by atoms with E-state index in [1.54, 1.807) is 18.4 Å². The van der Waals surface area contributed by atoms with Crippen LogP contribution in [0.5, 0.6) is 0 Å². The first-order chi connectivity index (χ1) is 7.35. The van der Waals surface area contributed by atoms with Crippen LogP contribution in [0, 0.1) is 0 Å². The van der Waals surface area contributed by atoms with Crippen LogP contribution in [0.2, 0.25) is 0 Å². The van der Waals surface area contributed by atoms with Crippen LogP contribution in [0.4, 0.5) is 4.79 Å². The van der Waals surface area contributed by atoms with Crippen LogP contribution >= 0.6 is 0 Å². The van der Waals surface area contributed by atoms with Crippen LogP contribution in [0.3, 0.4) is 0 Å². The van der Waals surface area contributed by atoms with Gasteiger partial charge in [0.2, 0.25) is 0 Å². The van der Waals surface area contributed by atoms with E-state index in [1.165, 1.54) is 4.90 Å². The van der Waals surface area contributed by atoms with E-state index in [0.717, 1.165) is 12.8 Å². The monoisotopic (exact) mass is 227 g/mol. The molecule has 1 atom stereocenters. The zero-order chi connectivity index (χ0) is 12.3. The predicted molar refractivity (Wildman–Crippen MR) is 59.4 cm³/mol. The Morgan fingerprint density at radius 1 is 1.50 bits per heavy atom. The molecule has 1 radical (unpaired) electrons. The highest BCUT2D eigenvalue weighted by atomic mass is 16.6. The van der Waals surface area contributed by atoms with Crippen molar-refractivity contribution < 1.29 is 14.3 Å². The highest BCUT2D eigenvalue weighted by Gasteiger charge is 2.34. The van der Waals surface area contributed by atoms with Crippen molar-refractivity contribution in [1.29, 1.82) is 0 Å². The van der Waals surface area contributed by atoms with Gasteiger partial charge in [-0.15, -0.1) is 0 Å². The van der Waals surface area contributed by atoms with Gasteiger partial charge in [-0.3, -0.25) is 9.69 Å². The molecule has 1 rings (SSSR count). The Bertz CT molecular complexity index is 273. The van der Waals surface area contributed by atoms with Gasteiger partial charge in [-0.25, -0.2) is 4.79 Å². The number of rotatable bonds is 2. The van der Waals surface area contributed by atoms with Crippen molar-refractivity contribution >= 4 is 12.5 Å². The molecule has 0 N–H and O–H groups in total. The summed E-state index contributed by atoms with van der Waals surface area (Å²) in [6, 6.07) is 0. The average molecular weight is 227 g/mol. The molecule has 16 heavy (non-hydrogen) atoms. The van der Waals surface area contributed by atoms with Crippen LogP contribution in [-0.4, -0.2) is 47.7 Å². The molecule has 2 amide bonds. The normalized spacial score (nSPS) is 20.8. The quantitative estimate of drug-likeness (QED) is 0.669. The molecular formula is C11H19N2O3. The average Bonchev–Trinajstić information content (AvgIpc) is 2.62. The molecule has 0 aromatic carbocycles. The maximum absolute atomic E-state index is 11.8. The number of carbonyl (C=O) groups excluding carboxylic acids is 2. The van der Waals surface area contributed by atoms with Crippen molar-refractivity contribution in [2.24, 2.45) is 0 Å². The van der Waals surface area contributed by atoms with Crippen molar-refractivity contribution in [3.8, 4) is 0 Å². The lowest BCUT2D eigenvalue weighted by Crippen LogP contribution is -2.46. The van der Waals surface area contributed by atoms with Gasteiger partial charge in [0.25, 0.3) is 0 Å². The number of ether oxygens (including phenoxy) is 1. The Kier molecular flexibility index (Phi) is 3.78. The number of amides is 2. The first-order valence-electron chi connectivity index (χ1n) is 5.45. The fourth-order valence-corrected chi connectivity index (χ4v) is 1.75. The van der Waals surface area contributed by atoms with Gasteiger partial charge in [-0.05, 0) is 33.6 Å². The van der Waals surface area contributed by atoms with Crippen LogP contribution in [0.25, 0.3) is 0 Å². The number of hydrogen-bond acceptors (Lipinski definition) is 3. The van der Waals surface area contributed by atoms with E-state index in [0.29, 0.717) is 6.54 Å². The third-order valence-electron chi connectivity index (χ3n) is 2.44. The summed E-state index contributed by atoms with van der Waals surface area (Å²) in [5, 5.41) is 0. The second kappa shape index (κ2) is 4.72. The Balaban J connectivity index is 2.64. The zero-order valence-electron chi connectivity index (χ0n) is 10.3. The molecule has 1 saturated heterocycles. The van der Waals surface area contributed by atoms with E-state index in [2.05, 4.69) is 0 Å². The summed E-state index contributed by atoms with van der Waals surface area (Å²) in [6.45, 7) is 6.11. The van der Waals surface area contributed by atoms with Crippen LogP contribution < -0.4 is 0 Å². The van der Waals surface area contributed by atoms with Gasteiger partial charge in [0.05, 0.1) is 0 Å². The van der Waals surface area contributed by atoms with E-state index in [9.17, 15) is 9.59 Å². The molecule has 0 aromatic heterocycles. The lowest BCUT2D eigenvalue weighted by molar-refractivity contribution is 0.0128. The fourth-order valence-electron chi connectivity index (χ4n) is 1.75. The molecule has 1 unspecified atom stereocenters. The van der Waals surface area contributed by atoms with Crippen LogP contribution in [0.1, 0.15) is 33.6 Å². The van der Waals surface area contributed by atoms with Gasteiger partial charge in [-0.2, -0.15) is 0 Å². The summed E-state index contributed by atoms with van der Waals surface area (Å²) >= 11 is 0. The molecule has 1 aliphatic rings. The Labute approximate surface area is 96.3 Å². The fraction of sp³-hybridized carbons (Fsp3) is 0.818. The highest BCUT2D eigenvalue weighted by Crippen LogP contribution is 2.21. The van der Waals surface area contributed by atoms with Gasteiger partial charge in [0.1, 0.15) is 11.8 Å². The SMILES string of the molecule is CN([C]=O)C1CCCN1C(=O)OC(C)(C)C. The van der Waals surface area contributed by atoms with Gasteiger partial charge in [0, 0.05) is 13.6 Å². The number of nitrogens with zero attached hydrogens (tertiary/aromatic N) is 2. The molecule has 0 aromatic rings. The number of likely N-dealkylation sites (tertiary alicyclic amines) is 1. The van der Waals surface area contributed by atoms with Crippen molar-refractivity contribution in [3.05, 3.63) is 0 Å². The third kappa shape index (κ3) is 3.12. The van der Waals surface area contributed by atoms with Crippen molar-refractivity contribution in [3.63, 3.8) is 0 Å². The lowest BCUT2D eigenvalue weighted by Gasteiger charge is -2.31. The topological polar surface area (TPSA) is 49.9 Å². The maximum Gasteiger partial charge on any atom is 0.411 e. The van der Waals surface area contributed by atoms with Crippen molar-refractivity contribution in [1.82, 2.24) is 9.80 Å². The summed E-state index contributed by atoms with van der Waals surface area (Å²) in [5.41, 5.74) is -0.506. The summed E-state index contributed by atoms with van der Waals surface area (Å²) in [4.78, 5) is 25.4. The molecule has 0 bridgehead atoms. The standard InChI is InChI=1S/C11H19N2O3/c1-11(2,3)16-10(15)13-7-5-6-9(13)12(4)8-14/h9H,5-7H2,1-4H3. The van der Waals surface area contributed by atoms with E-state index in [1.807, 2.05) is 20.8 Å². The van der Waals surface area contributed by atoms with Gasteiger partial charge in [-0.1, -0.05) is 0 Å². The summed E-state index contributed by atoms with van der Waals surface area (Å²) < 4.78 is 5.28. The second-order valence-electron chi connectivity index (χ2n) is 5.00. The van der Waals surface area contributed by atoms with E-state index in [4.69, 9.17) is 4.74 Å². The molecule has 91 valence electrons. The summed E-state index contributed by atoms with van der Waals surface area (Å²) in [5.74, 6) is 0. The number of hydrogen-bond donors (Lipinski definition) is 0. The largest absolute Gasteiger partial charge is 0.444 e. The van der Waals surface area contributed by atoms with Gasteiger partial charge in [0.15, 0.2) is 0 Å². The van der Waals surface area contributed by atoms with Crippen molar-refractivity contribution in [2.45, 2.75) is 45.4 Å². The Morgan fingerprint density at radius 2 is 2.12 bits per heavy atom. The Hall–Kier alpha value is -1.26. The third-order valence-corrected chi connectivity index (χ3v) is 2.44. The molecule has 0 saturated carbocycles. The minimum atomic E-state index is -0.506. The highest BCUT2D eigenvalue weighted by molar-refractivity contribution is 5.69. The minimum absolute atomic E-state index is 0.215. The van der Waals surface area contributed by atoms with Gasteiger partial charge >= 0.3 is 12.5 Å². The molecule has 1 heterocycles. The summed E-state index contributed by atoms with van der Waals surface area (Å²) in [6.07, 6.45) is 2.88. The molecule has 1 aliphatic heterocycles. The first-order valence-corrected chi connectivity index (χ1v) is 5.45. The van der Waals surface area contributed by atoms with Crippen LogP contribution in [-0.2, 0) is 9.53 Å². The first kappa shape index (κ1) is 12.8. The second-order valence-corrected chi connectivity index (χ2v) is 5.00. The molecule has 5 nitrogen and oxygen atoms in total. The summed E-state index contributed by atoms with van der Waals surface area (Å²) in [7, 11) is 1.63. The molecule has 1 fully saturated rings. The maximum atomic E-state index is 11.8. The van der Waals surface area contributed by atoms with E-state index < -0.39 is 5.60 Å². The van der Waals surface area contributed by atoms with Crippen LogP contribution in [0.15, 0.2) is 0 Å². The minimum Gasteiger partial charge on any atom is -0.444 e. The van der Waals surface area contributed by atoms with E-state index >= 15 is 0 Å². The molecular weight excluding hydrogens is 208 g/mol. The zero-order valence-corrected chi connectivity index (χ0v) is 10.3. The predicted octanol–water partition coefficient (Wildman–Crippen LogP) is 1.34. The molecule has 0 spiro atoms. The number of carbonyl (C=O) groups is 1.